The van der Waals surface area contributed by atoms with Gasteiger partial charge < -0.3 is 5.01 Å². The summed E-state index contributed by atoms with van der Waals surface area (Å²) in [6.45, 7) is 8.62. The van der Waals surface area contributed by atoms with Crippen LogP contribution in [0.4, 0.5) is 0 Å². The smallest absolute Gasteiger partial charge is 0.0441 e. The average Bonchev–Trinajstić information content (AvgIpc) is 2.82. The summed E-state index contributed by atoms with van der Waals surface area (Å²) in [4.78, 5) is 0. The largest absolute Gasteiger partial charge is 0.309 e. The molecule has 0 atom stereocenters. The van der Waals surface area contributed by atoms with E-state index in [1.54, 1.807) is 6.08 Å². The maximum atomic E-state index is 3.87. The minimum atomic E-state index is 0.874. The Morgan fingerprint density at radius 3 is 2.73 bits per heavy atom. The molecule has 62 valence electrons. The monoisotopic (exact) mass is 152 g/mol. The van der Waals surface area contributed by atoms with Crippen LogP contribution in [0.2, 0.25) is 0 Å². The van der Waals surface area contributed by atoms with Crippen LogP contribution in [-0.2, 0) is 0 Å². The predicted octanol–water partition coefficient (Wildman–Crippen LogP) is 1.53. The van der Waals surface area contributed by atoms with Crippen molar-refractivity contribution in [3.8, 4) is 0 Å². The predicted molar refractivity (Wildman–Crippen MR) is 47.8 cm³/mol. The van der Waals surface area contributed by atoms with E-state index in [1.807, 2.05) is 12.1 Å². The maximum absolute atomic E-state index is 3.87. The molecular formula is C9H16N2. The van der Waals surface area contributed by atoms with Crippen molar-refractivity contribution >= 4 is 0 Å². The van der Waals surface area contributed by atoms with Crippen LogP contribution in [0.15, 0.2) is 24.9 Å². The second-order valence-corrected chi connectivity index (χ2v) is 2.97. The van der Waals surface area contributed by atoms with E-state index in [4.69, 9.17) is 0 Å². The second kappa shape index (κ2) is 3.58. The van der Waals surface area contributed by atoms with Gasteiger partial charge in [0.25, 0.3) is 0 Å². The zero-order valence-electron chi connectivity index (χ0n) is 7.14. The SMILES string of the molecule is C=CC(=C)N(CC1CC1)NC. The summed E-state index contributed by atoms with van der Waals surface area (Å²) < 4.78 is 0. The quantitative estimate of drug-likeness (QED) is 0.475. The Kier molecular flexibility index (Phi) is 2.71. The van der Waals surface area contributed by atoms with Crippen LogP contribution < -0.4 is 5.43 Å². The van der Waals surface area contributed by atoms with E-state index in [0.717, 1.165) is 18.2 Å². The average molecular weight is 152 g/mol. The molecule has 0 amide bonds. The highest BCUT2D eigenvalue weighted by Gasteiger charge is 2.23. The highest BCUT2D eigenvalue weighted by Crippen LogP contribution is 2.29. The number of hydrogen-bond acceptors (Lipinski definition) is 2. The van der Waals surface area contributed by atoms with Gasteiger partial charge in [0.2, 0.25) is 0 Å². The molecule has 1 N–H and O–H groups in total. The number of hydrogen-bond donors (Lipinski definition) is 1. The molecule has 0 bridgehead atoms. The standard InChI is InChI=1S/C9H16N2/c1-4-8(2)11(10-3)7-9-5-6-9/h4,9-10H,1-2,5-7H2,3H3. The van der Waals surface area contributed by atoms with Crippen molar-refractivity contribution in [2.24, 2.45) is 5.92 Å². The Bertz CT molecular complexity index is 159. The first-order chi connectivity index (χ1) is 5.27. The van der Waals surface area contributed by atoms with E-state index in [2.05, 4.69) is 18.6 Å². The number of rotatable bonds is 5. The molecule has 1 fully saturated rings. The number of hydrazine groups is 1. The molecule has 0 aromatic carbocycles. The first kappa shape index (κ1) is 8.34. The highest BCUT2D eigenvalue weighted by atomic mass is 15.5. The summed E-state index contributed by atoms with van der Waals surface area (Å²) in [5.41, 5.74) is 4.04. The molecular weight excluding hydrogens is 136 g/mol. The van der Waals surface area contributed by atoms with Crippen molar-refractivity contribution in [3.63, 3.8) is 0 Å². The van der Waals surface area contributed by atoms with Crippen LogP contribution in [0.5, 0.6) is 0 Å². The molecule has 0 heterocycles. The van der Waals surface area contributed by atoms with E-state index in [-0.39, 0.29) is 0 Å². The van der Waals surface area contributed by atoms with Gasteiger partial charge in [0, 0.05) is 19.3 Å². The molecule has 0 saturated heterocycles. The minimum absolute atomic E-state index is 0.874. The topological polar surface area (TPSA) is 15.3 Å². The van der Waals surface area contributed by atoms with E-state index in [9.17, 15) is 0 Å². The molecule has 1 rings (SSSR count). The molecule has 0 radical (unpaired) electrons. The van der Waals surface area contributed by atoms with Gasteiger partial charge in [-0.05, 0) is 24.8 Å². The molecule has 2 nitrogen and oxygen atoms in total. The van der Waals surface area contributed by atoms with E-state index >= 15 is 0 Å². The normalized spacial score (nSPS) is 16.1. The van der Waals surface area contributed by atoms with E-state index < -0.39 is 0 Å². The molecule has 11 heavy (non-hydrogen) atoms. The van der Waals surface area contributed by atoms with Crippen molar-refractivity contribution < 1.29 is 0 Å². The lowest BCUT2D eigenvalue weighted by molar-refractivity contribution is 0.269. The van der Waals surface area contributed by atoms with Crippen LogP contribution >= 0.6 is 0 Å². The maximum Gasteiger partial charge on any atom is 0.0441 e. The summed E-state index contributed by atoms with van der Waals surface area (Å²) in [5.74, 6) is 0.874. The Morgan fingerprint density at radius 2 is 2.36 bits per heavy atom. The Morgan fingerprint density at radius 1 is 1.73 bits per heavy atom. The van der Waals surface area contributed by atoms with E-state index in [0.29, 0.717) is 0 Å². The molecule has 1 saturated carbocycles. The van der Waals surface area contributed by atoms with Gasteiger partial charge in [0.05, 0.1) is 0 Å². The third-order valence-electron chi connectivity index (χ3n) is 1.99. The van der Waals surface area contributed by atoms with Crippen LogP contribution in [0.3, 0.4) is 0 Å². The molecule has 0 unspecified atom stereocenters. The third-order valence-corrected chi connectivity index (χ3v) is 1.99. The van der Waals surface area contributed by atoms with Gasteiger partial charge in [0.1, 0.15) is 0 Å². The Labute approximate surface area is 68.6 Å². The summed E-state index contributed by atoms with van der Waals surface area (Å²) >= 11 is 0. The molecule has 2 heteroatoms. The fourth-order valence-electron chi connectivity index (χ4n) is 1.02. The van der Waals surface area contributed by atoms with Gasteiger partial charge in [-0.15, -0.1) is 0 Å². The number of nitrogens with zero attached hydrogens (tertiary/aromatic N) is 1. The lowest BCUT2D eigenvalue weighted by Crippen LogP contribution is -2.34. The molecule has 0 spiro atoms. The second-order valence-electron chi connectivity index (χ2n) is 2.97. The first-order valence-electron chi connectivity index (χ1n) is 4.04. The van der Waals surface area contributed by atoms with Gasteiger partial charge in [0.15, 0.2) is 0 Å². The van der Waals surface area contributed by atoms with Crippen LogP contribution in [0.1, 0.15) is 12.8 Å². The molecule has 1 aliphatic carbocycles. The highest BCUT2D eigenvalue weighted by molar-refractivity contribution is 5.09. The molecule has 0 aliphatic heterocycles. The first-order valence-corrected chi connectivity index (χ1v) is 4.04. The van der Waals surface area contributed by atoms with Crippen LogP contribution in [-0.4, -0.2) is 18.6 Å². The van der Waals surface area contributed by atoms with Gasteiger partial charge >= 0.3 is 0 Å². The van der Waals surface area contributed by atoms with Crippen molar-refractivity contribution in [3.05, 3.63) is 24.9 Å². The lowest BCUT2D eigenvalue weighted by atomic mass is 10.3. The van der Waals surface area contributed by atoms with Crippen LogP contribution in [0.25, 0.3) is 0 Å². The van der Waals surface area contributed by atoms with Crippen LogP contribution in [0, 0.1) is 5.92 Å². The van der Waals surface area contributed by atoms with Gasteiger partial charge in [-0.1, -0.05) is 13.2 Å². The Hall–Kier alpha value is -0.760. The molecule has 0 aromatic rings. The zero-order chi connectivity index (χ0) is 8.27. The number of nitrogens with one attached hydrogen (secondary N) is 1. The number of allylic oxidation sites excluding steroid dienone is 1. The van der Waals surface area contributed by atoms with Crippen molar-refractivity contribution in [1.82, 2.24) is 10.4 Å². The van der Waals surface area contributed by atoms with Crippen molar-refractivity contribution in [1.29, 1.82) is 0 Å². The fourth-order valence-corrected chi connectivity index (χ4v) is 1.02. The third kappa shape index (κ3) is 2.39. The summed E-state index contributed by atoms with van der Waals surface area (Å²) in [6.07, 6.45) is 4.50. The zero-order valence-corrected chi connectivity index (χ0v) is 7.14. The van der Waals surface area contributed by atoms with Gasteiger partial charge in [-0.25, -0.2) is 5.43 Å². The lowest BCUT2D eigenvalue weighted by Gasteiger charge is -2.23. The Balaban J connectivity index is 2.33. The molecule has 1 aliphatic rings. The summed E-state index contributed by atoms with van der Waals surface area (Å²) in [7, 11) is 1.91. The minimum Gasteiger partial charge on any atom is -0.309 e. The van der Waals surface area contributed by atoms with E-state index in [1.165, 1.54) is 12.8 Å². The van der Waals surface area contributed by atoms with Gasteiger partial charge in [-0.2, -0.15) is 0 Å². The van der Waals surface area contributed by atoms with Gasteiger partial charge in [-0.3, -0.25) is 0 Å². The molecule has 0 aromatic heterocycles. The fraction of sp³-hybridized carbons (Fsp3) is 0.556. The van der Waals surface area contributed by atoms with Crippen molar-refractivity contribution in [2.75, 3.05) is 13.6 Å². The summed E-state index contributed by atoms with van der Waals surface area (Å²) in [5, 5.41) is 2.05. The summed E-state index contributed by atoms with van der Waals surface area (Å²) in [6, 6.07) is 0. The van der Waals surface area contributed by atoms with Crippen molar-refractivity contribution in [2.45, 2.75) is 12.8 Å².